The lowest BCUT2D eigenvalue weighted by molar-refractivity contribution is -0.0415. The number of hydrogen-bond acceptors (Lipinski definition) is 2. The third-order valence-electron chi connectivity index (χ3n) is 4.57. The molecule has 0 radical (unpaired) electrons. The molecular formula is C15H21NO. The quantitative estimate of drug-likeness (QED) is 0.802. The van der Waals surface area contributed by atoms with Gasteiger partial charge in [-0.25, -0.2) is 0 Å². The highest BCUT2D eigenvalue weighted by Gasteiger charge is 2.42. The molecule has 1 saturated carbocycles. The lowest BCUT2D eigenvalue weighted by atomic mass is 9.82. The van der Waals surface area contributed by atoms with Crippen molar-refractivity contribution in [2.24, 2.45) is 0 Å². The number of hydrogen-bond donors (Lipinski definition) is 1. The standard InChI is InChI=1S/C15H21NO/c1-16-11-13-7-3-2-6-12(13)10-14(16)15(17)8-4-5-9-15/h2-3,6-7,14,17H,4-5,8-11H2,1H3/t14-/m1/s1. The molecule has 0 spiro atoms. The van der Waals surface area contributed by atoms with E-state index in [4.69, 9.17) is 0 Å². The molecule has 1 aliphatic carbocycles. The average Bonchev–Trinajstić information content (AvgIpc) is 2.76. The number of likely N-dealkylation sites (N-methyl/N-ethyl adjacent to an activating group) is 1. The molecule has 92 valence electrons. The molecule has 0 unspecified atom stereocenters. The molecule has 1 aromatic carbocycles. The van der Waals surface area contributed by atoms with E-state index in [1.54, 1.807) is 0 Å². The summed E-state index contributed by atoms with van der Waals surface area (Å²) in [6, 6.07) is 8.95. The first-order valence-electron chi connectivity index (χ1n) is 6.68. The molecule has 0 bridgehead atoms. The Bertz CT molecular complexity index is 409. The van der Waals surface area contributed by atoms with Crippen LogP contribution in [-0.4, -0.2) is 28.7 Å². The smallest absolute Gasteiger partial charge is 0.0805 e. The van der Waals surface area contributed by atoms with Gasteiger partial charge in [-0.15, -0.1) is 0 Å². The summed E-state index contributed by atoms with van der Waals surface area (Å²) in [6.45, 7) is 0.975. The van der Waals surface area contributed by atoms with E-state index in [-0.39, 0.29) is 0 Å². The Hall–Kier alpha value is -0.860. The van der Waals surface area contributed by atoms with E-state index < -0.39 is 5.60 Å². The summed E-state index contributed by atoms with van der Waals surface area (Å²) in [6.07, 6.45) is 5.32. The second kappa shape index (κ2) is 4.11. The van der Waals surface area contributed by atoms with E-state index in [0.717, 1.165) is 25.8 Å². The Morgan fingerprint density at radius 3 is 2.53 bits per heavy atom. The normalized spacial score (nSPS) is 28.0. The van der Waals surface area contributed by atoms with Gasteiger partial charge in [0.1, 0.15) is 0 Å². The average molecular weight is 231 g/mol. The van der Waals surface area contributed by atoms with E-state index in [0.29, 0.717) is 6.04 Å². The van der Waals surface area contributed by atoms with Gasteiger partial charge in [0.15, 0.2) is 0 Å². The van der Waals surface area contributed by atoms with E-state index >= 15 is 0 Å². The first-order chi connectivity index (χ1) is 8.19. The van der Waals surface area contributed by atoms with Crippen LogP contribution < -0.4 is 0 Å². The van der Waals surface area contributed by atoms with Gasteiger partial charge in [0.2, 0.25) is 0 Å². The topological polar surface area (TPSA) is 23.5 Å². The van der Waals surface area contributed by atoms with Gasteiger partial charge in [0, 0.05) is 12.6 Å². The van der Waals surface area contributed by atoms with Gasteiger partial charge in [-0.1, -0.05) is 37.1 Å². The molecule has 1 atom stereocenters. The van der Waals surface area contributed by atoms with Gasteiger partial charge in [-0.2, -0.15) is 0 Å². The highest BCUT2D eigenvalue weighted by molar-refractivity contribution is 5.31. The van der Waals surface area contributed by atoms with Crippen LogP contribution in [0.5, 0.6) is 0 Å². The number of benzene rings is 1. The van der Waals surface area contributed by atoms with Crippen molar-refractivity contribution in [2.45, 2.75) is 50.3 Å². The maximum Gasteiger partial charge on any atom is 0.0805 e. The minimum absolute atomic E-state index is 0.305. The molecule has 1 aliphatic heterocycles. The van der Waals surface area contributed by atoms with Crippen molar-refractivity contribution in [3.05, 3.63) is 35.4 Å². The summed E-state index contributed by atoms with van der Waals surface area (Å²) in [5, 5.41) is 10.8. The molecule has 2 heteroatoms. The van der Waals surface area contributed by atoms with Gasteiger partial charge < -0.3 is 5.11 Å². The Balaban J connectivity index is 1.89. The van der Waals surface area contributed by atoms with Crippen LogP contribution in [0.2, 0.25) is 0 Å². The van der Waals surface area contributed by atoms with Crippen LogP contribution in [0, 0.1) is 0 Å². The second-order valence-electron chi connectivity index (χ2n) is 5.71. The second-order valence-corrected chi connectivity index (χ2v) is 5.71. The van der Waals surface area contributed by atoms with Crippen molar-refractivity contribution in [3.8, 4) is 0 Å². The van der Waals surface area contributed by atoms with Crippen molar-refractivity contribution < 1.29 is 5.11 Å². The minimum Gasteiger partial charge on any atom is -0.388 e. The van der Waals surface area contributed by atoms with Gasteiger partial charge in [0.25, 0.3) is 0 Å². The predicted molar refractivity (Wildman–Crippen MR) is 68.8 cm³/mol. The first-order valence-corrected chi connectivity index (χ1v) is 6.68. The summed E-state index contributed by atoms with van der Waals surface area (Å²) in [4.78, 5) is 2.34. The van der Waals surface area contributed by atoms with Crippen LogP contribution in [0.1, 0.15) is 36.8 Å². The van der Waals surface area contributed by atoms with Crippen LogP contribution in [0.3, 0.4) is 0 Å². The lowest BCUT2D eigenvalue weighted by Gasteiger charge is -2.42. The van der Waals surface area contributed by atoms with E-state index in [9.17, 15) is 5.11 Å². The first kappa shape index (κ1) is 11.2. The van der Waals surface area contributed by atoms with Crippen molar-refractivity contribution >= 4 is 0 Å². The number of fused-ring (bicyclic) bond motifs is 1. The van der Waals surface area contributed by atoms with Gasteiger partial charge in [-0.3, -0.25) is 4.90 Å². The predicted octanol–water partition coefficient (Wildman–Crippen LogP) is 2.35. The van der Waals surface area contributed by atoms with Crippen LogP contribution in [-0.2, 0) is 13.0 Å². The Labute approximate surface area is 103 Å². The zero-order valence-electron chi connectivity index (χ0n) is 10.5. The summed E-state index contributed by atoms with van der Waals surface area (Å²) in [5.41, 5.74) is 2.41. The highest BCUT2D eigenvalue weighted by Crippen LogP contribution is 2.38. The van der Waals surface area contributed by atoms with E-state index in [1.807, 2.05) is 0 Å². The number of rotatable bonds is 1. The molecule has 17 heavy (non-hydrogen) atoms. The molecular weight excluding hydrogens is 210 g/mol. The molecule has 2 aliphatic rings. The zero-order valence-corrected chi connectivity index (χ0v) is 10.5. The molecule has 1 aromatic rings. The van der Waals surface area contributed by atoms with Gasteiger partial charge >= 0.3 is 0 Å². The maximum atomic E-state index is 10.8. The monoisotopic (exact) mass is 231 g/mol. The highest BCUT2D eigenvalue weighted by atomic mass is 16.3. The van der Waals surface area contributed by atoms with Crippen LogP contribution in [0.25, 0.3) is 0 Å². The molecule has 2 nitrogen and oxygen atoms in total. The largest absolute Gasteiger partial charge is 0.388 e. The summed E-state index contributed by atoms with van der Waals surface area (Å²) in [5.74, 6) is 0. The Morgan fingerprint density at radius 2 is 1.82 bits per heavy atom. The third kappa shape index (κ3) is 1.90. The fraction of sp³-hybridized carbons (Fsp3) is 0.600. The van der Waals surface area contributed by atoms with Crippen LogP contribution in [0.15, 0.2) is 24.3 Å². The maximum absolute atomic E-state index is 10.8. The molecule has 1 fully saturated rings. The molecule has 1 heterocycles. The van der Waals surface area contributed by atoms with Gasteiger partial charge in [-0.05, 0) is 37.4 Å². The summed E-state index contributed by atoms with van der Waals surface area (Å²) >= 11 is 0. The fourth-order valence-electron chi connectivity index (χ4n) is 3.57. The molecule has 1 N–H and O–H groups in total. The minimum atomic E-state index is -0.442. The Kier molecular flexibility index (Phi) is 2.72. The SMILES string of the molecule is CN1Cc2ccccc2C[C@@H]1C1(O)CCCC1. The van der Waals surface area contributed by atoms with Crippen molar-refractivity contribution in [2.75, 3.05) is 7.05 Å². The Morgan fingerprint density at radius 1 is 1.18 bits per heavy atom. The van der Waals surface area contributed by atoms with Crippen molar-refractivity contribution in [3.63, 3.8) is 0 Å². The van der Waals surface area contributed by atoms with E-state index in [1.165, 1.54) is 24.0 Å². The third-order valence-corrected chi connectivity index (χ3v) is 4.57. The summed E-state index contributed by atoms with van der Waals surface area (Å²) in [7, 11) is 2.15. The van der Waals surface area contributed by atoms with E-state index in [2.05, 4.69) is 36.2 Å². The molecule has 0 amide bonds. The number of aliphatic hydroxyl groups is 1. The molecule has 0 aromatic heterocycles. The molecule has 0 saturated heterocycles. The van der Waals surface area contributed by atoms with Crippen molar-refractivity contribution in [1.82, 2.24) is 4.90 Å². The van der Waals surface area contributed by atoms with Gasteiger partial charge in [0.05, 0.1) is 5.60 Å². The summed E-state index contributed by atoms with van der Waals surface area (Å²) < 4.78 is 0. The lowest BCUT2D eigenvalue weighted by Crippen LogP contribution is -2.52. The number of nitrogens with zero attached hydrogens (tertiary/aromatic N) is 1. The molecule has 3 rings (SSSR count). The fourth-order valence-corrected chi connectivity index (χ4v) is 3.57. The van der Waals surface area contributed by atoms with Crippen LogP contribution in [0.4, 0.5) is 0 Å². The van der Waals surface area contributed by atoms with Crippen LogP contribution >= 0.6 is 0 Å². The van der Waals surface area contributed by atoms with Crippen molar-refractivity contribution in [1.29, 1.82) is 0 Å². The zero-order chi connectivity index (χ0) is 11.9.